The molecule has 1 heterocycles. The molecule has 0 fully saturated rings. The Balaban J connectivity index is 0.00000162. The van der Waals surface area contributed by atoms with Crippen molar-refractivity contribution in [2.24, 2.45) is 11.7 Å². The summed E-state index contributed by atoms with van der Waals surface area (Å²) in [7, 11) is 0. The highest BCUT2D eigenvalue weighted by molar-refractivity contribution is 5.85. The van der Waals surface area contributed by atoms with Crippen LogP contribution in [-0.2, 0) is 17.8 Å². The molecule has 0 spiro atoms. The molecule has 0 saturated heterocycles. The average Bonchev–Trinajstić information content (AvgIpc) is 2.36. The number of halogens is 1. The molecule has 4 heteroatoms. The third kappa shape index (κ3) is 3.03. The number of nitrogens with zero attached hydrogens (tertiary/aromatic N) is 1. The molecule has 0 saturated carbocycles. The first-order valence-electron chi connectivity index (χ1n) is 6.20. The second-order valence-corrected chi connectivity index (χ2v) is 5.05. The summed E-state index contributed by atoms with van der Waals surface area (Å²) in [5.74, 6) is 0.272. The van der Waals surface area contributed by atoms with Gasteiger partial charge in [0.2, 0.25) is 5.91 Å². The summed E-state index contributed by atoms with van der Waals surface area (Å²) in [4.78, 5) is 14.0. The maximum atomic E-state index is 12.2. The van der Waals surface area contributed by atoms with E-state index in [-0.39, 0.29) is 30.3 Å². The Bertz CT molecular complexity index is 420. The van der Waals surface area contributed by atoms with E-state index in [4.69, 9.17) is 5.73 Å². The van der Waals surface area contributed by atoms with Gasteiger partial charge >= 0.3 is 0 Å². The van der Waals surface area contributed by atoms with Gasteiger partial charge in [-0.3, -0.25) is 4.79 Å². The van der Waals surface area contributed by atoms with Gasteiger partial charge in [0.25, 0.3) is 0 Å². The van der Waals surface area contributed by atoms with Crippen molar-refractivity contribution in [1.82, 2.24) is 4.90 Å². The second-order valence-electron chi connectivity index (χ2n) is 5.05. The third-order valence-electron chi connectivity index (χ3n) is 3.45. The van der Waals surface area contributed by atoms with Gasteiger partial charge in [0.05, 0.1) is 6.04 Å². The van der Waals surface area contributed by atoms with Crippen molar-refractivity contribution in [2.75, 3.05) is 6.54 Å². The van der Waals surface area contributed by atoms with Crippen molar-refractivity contribution < 1.29 is 4.79 Å². The smallest absolute Gasteiger partial charge is 0.240 e. The largest absolute Gasteiger partial charge is 0.337 e. The van der Waals surface area contributed by atoms with E-state index in [0.29, 0.717) is 6.54 Å². The first kappa shape index (κ1) is 15.0. The summed E-state index contributed by atoms with van der Waals surface area (Å²) < 4.78 is 0. The maximum absolute atomic E-state index is 12.2. The number of benzene rings is 1. The van der Waals surface area contributed by atoms with Gasteiger partial charge in [-0.15, -0.1) is 12.4 Å². The van der Waals surface area contributed by atoms with Crippen LogP contribution < -0.4 is 5.73 Å². The number of carbonyl (C=O) groups excluding carboxylic acids is 1. The van der Waals surface area contributed by atoms with Gasteiger partial charge in [-0.05, 0) is 23.5 Å². The predicted molar refractivity (Wildman–Crippen MR) is 75.6 cm³/mol. The van der Waals surface area contributed by atoms with E-state index in [9.17, 15) is 4.79 Å². The zero-order valence-electron chi connectivity index (χ0n) is 10.9. The molecule has 2 rings (SSSR count). The maximum Gasteiger partial charge on any atom is 0.240 e. The number of hydrogen-bond acceptors (Lipinski definition) is 2. The highest BCUT2D eigenvalue weighted by Gasteiger charge is 2.26. The van der Waals surface area contributed by atoms with Crippen LogP contribution in [0.3, 0.4) is 0 Å². The van der Waals surface area contributed by atoms with Crippen LogP contribution in [0.5, 0.6) is 0 Å². The minimum Gasteiger partial charge on any atom is -0.337 e. The van der Waals surface area contributed by atoms with Crippen molar-refractivity contribution in [3.05, 3.63) is 35.4 Å². The van der Waals surface area contributed by atoms with E-state index in [1.807, 2.05) is 24.8 Å². The molecule has 0 radical (unpaired) electrons. The number of hydrogen-bond donors (Lipinski definition) is 1. The molecule has 18 heavy (non-hydrogen) atoms. The van der Waals surface area contributed by atoms with Gasteiger partial charge in [-0.1, -0.05) is 38.1 Å². The van der Waals surface area contributed by atoms with Gasteiger partial charge in [0.15, 0.2) is 0 Å². The zero-order chi connectivity index (χ0) is 12.4. The highest BCUT2D eigenvalue weighted by Crippen LogP contribution is 2.19. The lowest BCUT2D eigenvalue weighted by atomic mass is 9.97. The van der Waals surface area contributed by atoms with Gasteiger partial charge in [-0.25, -0.2) is 0 Å². The average molecular weight is 269 g/mol. The second kappa shape index (κ2) is 6.21. The molecule has 1 aliphatic rings. The molecule has 100 valence electrons. The fourth-order valence-corrected chi connectivity index (χ4v) is 2.18. The summed E-state index contributed by atoms with van der Waals surface area (Å²) >= 11 is 0. The molecule has 1 aromatic carbocycles. The highest BCUT2D eigenvalue weighted by atomic mass is 35.5. The van der Waals surface area contributed by atoms with E-state index in [1.54, 1.807) is 0 Å². The van der Waals surface area contributed by atoms with Crippen LogP contribution in [0.2, 0.25) is 0 Å². The number of amides is 1. The van der Waals surface area contributed by atoms with Crippen molar-refractivity contribution in [1.29, 1.82) is 0 Å². The number of rotatable bonds is 2. The molecule has 3 nitrogen and oxygen atoms in total. The fraction of sp³-hybridized carbons (Fsp3) is 0.500. The first-order chi connectivity index (χ1) is 8.09. The molecule has 0 bridgehead atoms. The predicted octanol–water partition coefficient (Wildman–Crippen LogP) is 1.98. The lowest BCUT2D eigenvalue weighted by molar-refractivity contribution is -0.134. The van der Waals surface area contributed by atoms with Crippen molar-refractivity contribution in [2.45, 2.75) is 32.9 Å². The Morgan fingerprint density at radius 3 is 2.50 bits per heavy atom. The monoisotopic (exact) mass is 268 g/mol. The van der Waals surface area contributed by atoms with Crippen LogP contribution in [0.15, 0.2) is 24.3 Å². The van der Waals surface area contributed by atoms with Crippen LogP contribution in [0, 0.1) is 5.92 Å². The van der Waals surface area contributed by atoms with Gasteiger partial charge in [0.1, 0.15) is 0 Å². The summed E-state index contributed by atoms with van der Waals surface area (Å²) in [6, 6.07) is 7.93. The number of carbonyl (C=O) groups is 1. The van der Waals surface area contributed by atoms with Crippen molar-refractivity contribution in [3.63, 3.8) is 0 Å². The number of fused-ring (bicyclic) bond motifs is 1. The third-order valence-corrected chi connectivity index (χ3v) is 3.45. The van der Waals surface area contributed by atoms with Crippen LogP contribution in [0.4, 0.5) is 0 Å². The molecule has 1 atom stereocenters. The summed E-state index contributed by atoms with van der Waals surface area (Å²) in [6.45, 7) is 5.46. The van der Waals surface area contributed by atoms with E-state index in [2.05, 4.69) is 18.2 Å². The molecule has 1 amide bonds. The minimum absolute atomic E-state index is 0. The molecule has 0 aliphatic carbocycles. The summed E-state index contributed by atoms with van der Waals surface area (Å²) in [6.07, 6.45) is 0.937. The first-order valence-corrected chi connectivity index (χ1v) is 6.20. The lowest BCUT2D eigenvalue weighted by Crippen LogP contribution is -2.48. The quantitative estimate of drug-likeness (QED) is 0.892. The molecular formula is C14H21ClN2O. The Hall–Kier alpha value is -1.06. The molecule has 2 N–H and O–H groups in total. The van der Waals surface area contributed by atoms with Gasteiger partial charge in [-0.2, -0.15) is 0 Å². The minimum atomic E-state index is -0.375. The van der Waals surface area contributed by atoms with Crippen molar-refractivity contribution >= 4 is 18.3 Å². The Morgan fingerprint density at radius 2 is 1.89 bits per heavy atom. The molecule has 1 aromatic rings. The standard InChI is InChI=1S/C14H20N2O.ClH/c1-10(2)13(15)14(17)16-8-7-11-5-3-4-6-12(11)9-16;/h3-6,10,13H,7-9,15H2,1-2H3;1H. The van der Waals surface area contributed by atoms with Crippen LogP contribution in [0.1, 0.15) is 25.0 Å². The fourth-order valence-electron chi connectivity index (χ4n) is 2.18. The number of nitrogens with two attached hydrogens (primary N) is 1. The van der Waals surface area contributed by atoms with Gasteiger partial charge in [0, 0.05) is 13.1 Å². The molecule has 1 unspecified atom stereocenters. The summed E-state index contributed by atoms with van der Waals surface area (Å²) in [5, 5.41) is 0. The molecule has 0 aromatic heterocycles. The van der Waals surface area contributed by atoms with Crippen LogP contribution >= 0.6 is 12.4 Å². The van der Waals surface area contributed by atoms with Crippen LogP contribution in [0.25, 0.3) is 0 Å². The van der Waals surface area contributed by atoms with E-state index >= 15 is 0 Å². The van der Waals surface area contributed by atoms with E-state index in [1.165, 1.54) is 11.1 Å². The van der Waals surface area contributed by atoms with E-state index in [0.717, 1.165) is 13.0 Å². The zero-order valence-corrected chi connectivity index (χ0v) is 11.7. The topological polar surface area (TPSA) is 46.3 Å². The Kier molecular flexibility index (Phi) is 5.17. The van der Waals surface area contributed by atoms with Gasteiger partial charge < -0.3 is 10.6 Å². The SMILES string of the molecule is CC(C)C(N)C(=O)N1CCc2ccccc2C1.Cl. The normalized spacial score (nSPS) is 15.9. The van der Waals surface area contributed by atoms with Crippen molar-refractivity contribution in [3.8, 4) is 0 Å². The summed E-state index contributed by atoms with van der Waals surface area (Å²) in [5.41, 5.74) is 8.53. The molecule has 1 aliphatic heterocycles. The Morgan fingerprint density at radius 1 is 1.28 bits per heavy atom. The Labute approximate surface area is 115 Å². The van der Waals surface area contributed by atoms with E-state index < -0.39 is 0 Å². The van der Waals surface area contributed by atoms with Crippen LogP contribution in [-0.4, -0.2) is 23.4 Å². The molecular weight excluding hydrogens is 248 g/mol. The lowest BCUT2D eigenvalue weighted by Gasteiger charge is -2.31.